The highest BCUT2D eigenvalue weighted by Gasteiger charge is 2.47. The van der Waals surface area contributed by atoms with Gasteiger partial charge in [0.1, 0.15) is 17.1 Å². The highest BCUT2D eigenvalue weighted by atomic mass is 35.5. The van der Waals surface area contributed by atoms with Gasteiger partial charge in [-0.05, 0) is 43.2 Å². The van der Waals surface area contributed by atoms with E-state index in [0.717, 1.165) is 12.3 Å². The topological polar surface area (TPSA) is 93.5 Å². The molecule has 13 heteroatoms. The summed E-state index contributed by atoms with van der Waals surface area (Å²) in [4.78, 5) is 0. The number of aliphatic hydroxyl groups is 2. The predicted molar refractivity (Wildman–Crippen MR) is 120 cm³/mol. The van der Waals surface area contributed by atoms with Gasteiger partial charge in [0.05, 0.1) is 34.1 Å². The third-order valence-corrected chi connectivity index (χ3v) is 5.96. The lowest BCUT2D eigenvalue weighted by Gasteiger charge is -2.23. The molecule has 1 aliphatic rings. The van der Waals surface area contributed by atoms with Crippen LogP contribution < -0.4 is 0 Å². The number of ether oxygens (including phenoxy) is 1. The van der Waals surface area contributed by atoms with Crippen molar-refractivity contribution in [3.8, 4) is 28.3 Å². The van der Waals surface area contributed by atoms with Crippen molar-refractivity contribution in [3.63, 3.8) is 0 Å². The highest BCUT2D eigenvalue weighted by Crippen LogP contribution is 2.47. The molecule has 2 aromatic carbocycles. The first-order valence-electron chi connectivity index (χ1n) is 10.5. The third kappa shape index (κ3) is 4.48. The Kier molecular flexibility index (Phi) is 6.08. The molecule has 4 aromatic rings. The van der Waals surface area contributed by atoms with Gasteiger partial charge >= 0.3 is 12.1 Å². The maximum absolute atomic E-state index is 14.7. The van der Waals surface area contributed by atoms with E-state index in [9.17, 15) is 27.8 Å². The van der Waals surface area contributed by atoms with Crippen molar-refractivity contribution in [2.24, 2.45) is 0 Å². The summed E-state index contributed by atoms with van der Waals surface area (Å²) in [5.41, 5.74) is -3.74. The Morgan fingerprint density at radius 3 is 2.44 bits per heavy atom. The van der Waals surface area contributed by atoms with Gasteiger partial charge in [0, 0.05) is 5.02 Å². The lowest BCUT2D eigenvalue weighted by molar-refractivity contribution is -0.354. The highest BCUT2D eigenvalue weighted by molar-refractivity contribution is 6.33. The van der Waals surface area contributed by atoms with Crippen LogP contribution in [0.1, 0.15) is 24.1 Å². The average Bonchev–Trinajstić information content (AvgIpc) is 3.30. The summed E-state index contributed by atoms with van der Waals surface area (Å²) in [7, 11) is 0. The van der Waals surface area contributed by atoms with E-state index in [1.165, 1.54) is 36.4 Å². The van der Waals surface area contributed by atoms with E-state index in [1.807, 2.05) is 0 Å². The zero-order valence-corrected chi connectivity index (χ0v) is 19.4. The fourth-order valence-corrected chi connectivity index (χ4v) is 4.18. The van der Waals surface area contributed by atoms with Crippen LogP contribution >= 0.6 is 23.2 Å². The van der Waals surface area contributed by atoms with E-state index in [1.54, 1.807) is 0 Å². The quantitative estimate of drug-likeness (QED) is 0.231. The third-order valence-electron chi connectivity index (χ3n) is 5.41. The second-order valence-electron chi connectivity index (χ2n) is 8.05. The molecule has 188 valence electrons. The molecule has 0 atom stereocenters. The monoisotopic (exact) mass is 543 g/mol. The zero-order valence-electron chi connectivity index (χ0n) is 17.9. The maximum atomic E-state index is 14.7. The van der Waals surface area contributed by atoms with Gasteiger partial charge in [0.25, 0.3) is 0 Å². The van der Waals surface area contributed by atoms with Crippen LogP contribution in [0.25, 0.3) is 28.3 Å². The minimum Gasteiger partial charge on any atom is -0.355 e. The molecule has 0 amide bonds. The molecule has 0 spiro atoms. The van der Waals surface area contributed by atoms with Gasteiger partial charge in [-0.2, -0.15) is 18.3 Å². The normalized spacial score (nSPS) is 14.4. The first kappa shape index (κ1) is 24.7. The molecule has 2 N–H and O–H groups in total. The summed E-state index contributed by atoms with van der Waals surface area (Å²) in [6.07, 6.45) is -3.80. The van der Waals surface area contributed by atoms with Crippen LogP contribution in [0, 0.1) is 5.82 Å². The fourth-order valence-electron chi connectivity index (χ4n) is 3.74. The molecule has 5 rings (SSSR count). The molecule has 7 nitrogen and oxygen atoms in total. The lowest BCUT2D eigenvalue weighted by Crippen LogP contribution is -2.31. The van der Waals surface area contributed by atoms with Crippen molar-refractivity contribution >= 4 is 23.2 Å². The first-order valence-corrected chi connectivity index (χ1v) is 11.2. The van der Waals surface area contributed by atoms with Gasteiger partial charge in [-0.1, -0.05) is 40.5 Å². The zero-order chi connectivity index (χ0) is 25.8. The molecule has 36 heavy (non-hydrogen) atoms. The van der Waals surface area contributed by atoms with Crippen LogP contribution in [0.4, 0.5) is 17.6 Å². The van der Waals surface area contributed by atoms with Crippen LogP contribution in [0.3, 0.4) is 0 Å². The number of nitrogens with zero attached hydrogens (tertiary/aromatic N) is 3. The molecule has 0 aliphatic heterocycles. The SMILES string of the molecule is OC(O)(OC1CC1)c1c(-c2c(F)cccc2Cl)noc1-c1cnn(-c2cccc(Cl)c2)c1C(F)(F)F. The van der Waals surface area contributed by atoms with E-state index in [0.29, 0.717) is 17.5 Å². The molecular formula is C23H15Cl2F4N3O4. The van der Waals surface area contributed by atoms with Gasteiger partial charge in [0.15, 0.2) is 11.5 Å². The Balaban J connectivity index is 1.78. The standard InChI is InChI=1S/C23H15Cl2F4N3O4/c24-11-3-1-4-12(9-11)32-21(22(27,28)29)14(10-30-32)20-18(23(33,34)35-13-7-8-13)19(31-36-20)17-15(25)5-2-6-16(17)26/h1-6,9-10,13,33-34H,7-8H2. The van der Waals surface area contributed by atoms with Crippen LogP contribution in [0.2, 0.25) is 10.0 Å². The van der Waals surface area contributed by atoms with Crippen molar-refractivity contribution in [2.75, 3.05) is 0 Å². The van der Waals surface area contributed by atoms with Gasteiger partial charge < -0.3 is 19.5 Å². The molecule has 0 saturated heterocycles. The van der Waals surface area contributed by atoms with E-state index in [-0.39, 0.29) is 15.7 Å². The Morgan fingerprint density at radius 1 is 1.08 bits per heavy atom. The number of hydrogen-bond donors (Lipinski definition) is 2. The van der Waals surface area contributed by atoms with Crippen molar-refractivity contribution in [3.05, 3.63) is 75.8 Å². The number of hydrogen-bond acceptors (Lipinski definition) is 6. The second-order valence-corrected chi connectivity index (χ2v) is 8.90. The average molecular weight is 544 g/mol. The molecule has 0 radical (unpaired) electrons. The Labute approximate surface area is 210 Å². The molecule has 1 aliphatic carbocycles. The van der Waals surface area contributed by atoms with E-state index in [2.05, 4.69) is 10.3 Å². The number of rotatable bonds is 6. The first-order chi connectivity index (χ1) is 17.0. The van der Waals surface area contributed by atoms with Gasteiger partial charge in [-0.15, -0.1) is 0 Å². The summed E-state index contributed by atoms with van der Waals surface area (Å²) in [5, 5.41) is 29.2. The molecule has 2 aromatic heterocycles. The van der Waals surface area contributed by atoms with Crippen LogP contribution in [0.15, 0.2) is 53.2 Å². The molecule has 2 heterocycles. The largest absolute Gasteiger partial charge is 0.434 e. The van der Waals surface area contributed by atoms with Crippen molar-refractivity contribution < 1.29 is 37.0 Å². The van der Waals surface area contributed by atoms with E-state index >= 15 is 0 Å². The summed E-state index contributed by atoms with van der Waals surface area (Å²) >= 11 is 12.1. The molecule has 1 fully saturated rings. The Bertz CT molecular complexity index is 1430. The summed E-state index contributed by atoms with van der Waals surface area (Å²) in [5.74, 6) is -4.86. The van der Waals surface area contributed by atoms with Crippen molar-refractivity contribution in [1.29, 1.82) is 0 Å². The van der Waals surface area contributed by atoms with E-state index < -0.39 is 57.9 Å². The smallest absolute Gasteiger partial charge is 0.355 e. The van der Waals surface area contributed by atoms with Crippen LogP contribution in [0.5, 0.6) is 0 Å². The lowest BCUT2D eigenvalue weighted by atomic mass is 10.00. The number of alkyl halides is 3. The predicted octanol–water partition coefficient (Wildman–Crippen LogP) is 5.93. The molecule has 1 saturated carbocycles. The fraction of sp³-hybridized carbons (Fsp3) is 0.217. The summed E-state index contributed by atoms with van der Waals surface area (Å²) < 4.78 is 68.7. The molecular weight excluding hydrogens is 529 g/mol. The summed E-state index contributed by atoms with van der Waals surface area (Å²) in [6, 6.07) is 9.14. The number of benzene rings is 2. The number of aromatic nitrogens is 3. The Morgan fingerprint density at radius 2 is 1.81 bits per heavy atom. The van der Waals surface area contributed by atoms with Crippen molar-refractivity contribution in [1.82, 2.24) is 14.9 Å². The summed E-state index contributed by atoms with van der Waals surface area (Å²) in [6.45, 7) is 0. The van der Waals surface area contributed by atoms with Crippen molar-refractivity contribution in [2.45, 2.75) is 31.1 Å². The van der Waals surface area contributed by atoms with Crippen LogP contribution in [-0.2, 0) is 16.9 Å². The van der Waals surface area contributed by atoms with Gasteiger partial charge in [-0.25, -0.2) is 9.07 Å². The van der Waals surface area contributed by atoms with Gasteiger partial charge in [0.2, 0.25) is 0 Å². The minimum absolute atomic E-state index is 0.0204. The maximum Gasteiger partial charge on any atom is 0.434 e. The minimum atomic E-state index is -5.00. The molecule has 0 bridgehead atoms. The Hall–Kier alpha value is -2.96. The number of halogens is 6. The van der Waals surface area contributed by atoms with Crippen LogP contribution in [-0.4, -0.2) is 31.3 Å². The van der Waals surface area contributed by atoms with Gasteiger partial charge in [-0.3, -0.25) is 0 Å². The second kappa shape index (κ2) is 8.86. The van der Waals surface area contributed by atoms with E-state index in [4.69, 9.17) is 32.5 Å². The molecule has 0 unspecified atom stereocenters.